The number of phenols is 1. The van der Waals surface area contributed by atoms with Gasteiger partial charge in [0.2, 0.25) is 0 Å². The van der Waals surface area contributed by atoms with Crippen LogP contribution in [-0.4, -0.2) is 16.5 Å². The number of aliphatic hydroxyl groups excluding tert-OH is 1. The second kappa shape index (κ2) is 4.30. The van der Waals surface area contributed by atoms with E-state index in [1.807, 2.05) is 0 Å². The molecule has 0 fully saturated rings. The van der Waals surface area contributed by atoms with Crippen LogP contribution < -0.4 is 0 Å². The molecule has 3 nitrogen and oxygen atoms in total. The highest BCUT2D eigenvalue weighted by molar-refractivity contribution is 5.65. The van der Waals surface area contributed by atoms with Crippen LogP contribution in [0.2, 0.25) is 0 Å². The van der Waals surface area contributed by atoms with E-state index in [1.165, 1.54) is 18.2 Å². The fourth-order valence-electron chi connectivity index (χ4n) is 1.06. The van der Waals surface area contributed by atoms with Crippen LogP contribution in [0, 0.1) is 0 Å². The number of benzene rings is 1. The van der Waals surface area contributed by atoms with Crippen LogP contribution in [0.3, 0.4) is 0 Å². The number of rotatable bonds is 3. The fourth-order valence-corrected chi connectivity index (χ4v) is 1.06. The molecule has 0 heterocycles. The van der Waals surface area contributed by atoms with Crippen molar-refractivity contribution >= 4 is 6.29 Å². The Morgan fingerprint density at radius 1 is 1.38 bits per heavy atom. The van der Waals surface area contributed by atoms with Gasteiger partial charge in [0.25, 0.3) is 0 Å². The molecule has 3 heteroatoms. The van der Waals surface area contributed by atoms with Gasteiger partial charge in [-0.05, 0) is 23.8 Å². The topological polar surface area (TPSA) is 57.5 Å². The quantitative estimate of drug-likeness (QED) is 0.547. The molecular weight excluding hydrogens is 168 g/mol. The Labute approximate surface area is 76.0 Å². The lowest BCUT2D eigenvalue weighted by Gasteiger charge is -2.04. The largest absolute Gasteiger partial charge is 0.516 e. The molecule has 0 bridgehead atoms. The van der Waals surface area contributed by atoms with Crippen molar-refractivity contribution in [2.45, 2.75) is 5.92 Å². The van der Waals surface area contributed by atoms with Gasteiger partial charge in [-0.15, -0.1) is 0 Å². The summed E-state index contributed by atoms with van der Waals surface area (Å²) in [5.41, 5.74) is 0.653. The predicted molar refractivity (Wildman–Crippen MR) is 48.7 cm³/mol. The smallest absolute Gasteiger partial charge is 0.131 e. The van der Waals surface area contributed by atoms with Gasteiger partial charge in [-0.3, -0.25) is 0 Å². The van der Waals surface area contributed by atoms with E-state index in [0.717, 1.165) is 6.26 Å². The maximum atomic E-state index is 10.6. The molecular formula is C10H10O3. The van der Waals surface area contributed by atoms with E-state index in [-0.39, 0.29) is 5.75 Å². The summed E-state index contributed by atoms with van der Waals surface area (Å²) >= 11 is 0. The number of aromatic hydroxyl groups is 1. The average Bonchev–Trinajstić information content (AvgIpc) is 2.14. The Morgan fingerprint density at radius 2 is 2.15 bits per heavy atom. The van der Waals surface area contributed by atoms with Crippen LogP contribution in [-0.2, 0) is 4.79 Å². The monoisotopic (exact) mass is 178 g/mol. The van der Waals surface area contributed by atoms with Crippen molar-refractivity contribution < 1.29 is 15.0 Å². The van der Waals surface area contributed by atoms with Crippen molar-refractivity contribution in [3.05, 3.63) is 42.2 Å². The second-order valence-electron chi connectivity index (χ2n) is 2.60. The van der Waals surface area contributed by atoms with Gasteiger partial charge in [-0.25, -0.2) is 0 Å². The minimum Gasteiger partial charge on any atom is -0.516 e. The molecule has 0 aliphatic carbocycles. The Morgan fingerprint density at radius 3 is 2.69 bits per heavy atom. The molecule has 0 aliphatic heterocycles. The van der Waals surface area contributed by atoms with Crippen molar-refractivity contribution in [3.8, 4) is 5.75 Å². The van der Waals surface area contributed by atoms with E-state index in [1.54, 1.807) is 12.1 Å². The average molecular weight is 178 g/mol. The number of carbonyl (C=O) groups excluding carboxylic acids is 1. The van der Waals surface area contributed by atoms with Gasteiger partial charge in [-0.2, -0.15) is 0 Å². The molecule has 0 saturated heterocycles. The summed E-state index contributed by atoms with van der Waals surface area (Å²) in [6.07, 6.45) is 2.87. The second-order valence-corrected chi connectivity index (χ2v) is 2.60. The third-order valence-electron chi connectivity index (χ3n) is 1.70. The number of aliphatic hydroxyl groups is 1. The van der Waals surface area contributed by atoms with Gasteiger partial charge in [0.05, 0.1) is 12.2 Å². The predicted octanol–water partition coefficient (Wildman–Crippen LogP) is 1.75. The van der Waals surface area contributed by atoms with Crippen molar-refractivity contribution in [1.82, 2.24) is 0 Å². The van der Waals surface area contributed by atoms with E-state index >= 15 is 0 Å². The molecule has 0 saturated carbocycles. The van der Waals surface area contributed by atoms with E-state index in [0.29, 0.717) is 11.8 Å². The minimum atomic E-state index is -0.503. The van der Waals surface area contributed by atoms with Crippen molar-refractivity contribution in [2.24, 2.45) is 0 Å². The molecule has 2 N–H and O–H groups in total. The van der Waals surface area contributed by atoms with Crippen LogP contribution >= 0.6 is 0 Å². The standard InChI is InChI=1S/C10H10O3/c11-5-4-9(7-12)8-2-1-3-10(13)6-8/h1-7,9,11,13H. The van der Waals surface area contributed by atoms with Crippen molar-refractivity contribution in [1.29, 1.82) is 0 Å². The maximum absolute atomic E-state index is 10.6. The molecule has 13 heavy (non-hydrogen) atoms. The normalized spacial score (nSPS) is 12.9. The number of allylic oxidation sites excluding steroid dienone is 1. The summed E-state index contributed by atoms with van der Waals surface area (Å²) in [5, 5.41) is 17.6. The molecule has 1 aromatic carbocycles. The van der Waals surface area contributed by atoms with E-state index in [9.17, 15) is 4.79 Å². The lowest BCUT2D eigenvalue weighted by atomic mass is 10.0. The van der Waals surface area contributed by atoms with Gasteiger partial charge in [0, 0.05) is 0 Å². The number of aldehydes is 1. The molecule has 0 radical (unpaired) electrons. The first kappa shape index (κ1) is 9.32. The van der Waals surface area contributed by atoms with Gasteiger partial charge < -0.3 is 15.0 Å². The zero-order valence-electron chi connectivity index (χ0n) is 6.92. The van der Waals surface area contributed by atoms with Crippen LogP contribution in [0.1, 0.15) is 11.5 Å². The summed E-state index contributed by atoms with van der Waals surface area (Å²) in [6.45, 7) is 0. The molecule has 0 spiro atoms. The maximum Gasteiger partial charge on any atom is 0.131 e. The fraction of sp³-hybridized carbons (Fsp3) is 0.100. The Hall–Kier alpha value is -1.77. The third kappa shape index (κ3) is 2.33. The van der Waals surface area contributed by atoms with Gasteiger partial charge >= 0.3 is 0 Å². The Kier molecular flexibility index (Phi) is 3.09. The molecule has 1 rings (SSSR count). The lowest BCUT2D eigenvalue weighted by Crippen LogP contribution is -1.95. The molecule has 1 aromatic rings. The van der Waals surface area contributed by atoms with Crippen molar-refractivity contribution in [2.75, 3.05) is 0 Å². The highest BCUT2D eigenvalue weighted by Crippen LogP contribution is 2.19. The van der Waals surface area contributed by atoms with E-state index in [4.69, 9.17) is 10.2 Å². The highest BCUT2D eigenvalue weighted by Gasteiger charge is 2.06. The van der Waals surface area contributed by atoms with Gasteiger partial charge in [0.1, 0.15) is 12.0 Å². The highest BCUT2D eigenvalue weighted by atomic mass is 16.3. The molecule has 1 unspecified atom stereocenters. The zero-order valence-corrected chi connectivity index (χ0v) is 6.92. The number of hydrogen-bond acceptors (Lipinski definition) is 3. The number of carbonyl (C=O) groups is 1. The summed E-state index contributed by atoms with van der Waals surface area (Å²) < 4.78 is 0. The minimum absolute atomic E-state index is 0.107. The number of hydrogen-bond donors (Lipinski definition) is 2. The summed E-state index contributed by atoms with van der Waals surface area (Å²) in [4.78, 5) is 10.6. The molecule has 0 amide bonds. The van der Waals surface area contributed by atoms with E-state index < -0.39 is 5.92 Å². The Balaban J connectivity index is 2.97. The Bertz CT molecular complexity index is 318. The summed E-state index contributed by atoms with van der Waals surface area (Å²) in [5.74, 6) is -0.396. The first-order valence-corrected chi connectivity index (χ1v) is 3.83. The first-order chi connectivity index (χ1) is 6.27. The van der Waals surface area contributed by atoms with Crippen LogP contribution in [0.5, 0.6) is 5.75 Å². The van der Waals surface area contributed by atoms with Gasteiger partial charge in [0.15, 0.2) is 0 Å². The molecule has 1 atom stereocenters. The third-order valence-corrected chi connectivity index (χ3v) is 1.70. The van der Waals surface area contributed by atoms with E-state index in [2.05, 4.69) is 0 Å². The molecule has 68 valence electrons. The van der Waals surface area contributed by atoms with Gasteiger partial charge in [-0.1, -0.05) is 12.1 Å². The van der Waals surface area contributed by atoms with Crippen LogP contribution in [0.25, 0.3) is 0 Å². The van der Waals surface area contributed by atoms with Crippen molar-refractivity contribution in [3.63, 3.8) is 0 Å². The molecule has 0 aromatic heterocycles. The SMILES string of the molecule is O=CC(C=CO)c1cccc(O)c1. The zero-order chi connectivity index (χ0) is 9.68. The molecule has 0 aliphatic rings. The van der Waals surface area contributed by atoms with Crippen LogP contribution in [0.4, 0.5) is 0 Å². The number of phenolic OH excluding ortho intramolecular Hbond substituents is 1. The summed E-state index contributed by atoms with van der Waals surface area (Å²) in [7, 11) is 0. The summed E-state index contributed by atoms with van der Waals surface area (Å²) in [6, 6.07) is 6.36. The lowest BCUT2D eigenvalue weighted by molar-refractivity contribution is -0.108. The first-order valence-electron chi connectivity index (χ1n) is 3.83. The van der Waals surface area contributed by atoms with Crippen LogP contribution in [0.15, 0.2) is 36.6 Å².